The molecular weight excluding hydrogens is 1000 g/mol. The molecule has 1 fully saturated rings. The van der Waals surface area contributed by atoms with Gasteiger partial charge in [0, 0.05) is 47.9 Å². The summed E-state index contributed by atoms with van der Waals surface area (Å²) >= 11 is 8.41. The van der Waals surface area contributed by atoms with E-state index in [9.17, 15) is 63.3 Å². The Hall–Kier alpha value is -7.64. The number of hydrogen-bond donors (Lipinski definition) is 15. The fraction of sp³-hybridized carbons (Fsp3) is 0.388. The molecule has 74 heavy (non-hydrogen) atoms. The maximum absolute atomic E-state index is 14.7. The first-order valence-electron chi connectivity index (χ1n) is 23.5. The van der Waals surface area contributed by atoms with Gasteiger partial charge in [0.05, 0.1) is 12.8 Å². The van der Waals surface area contributed by atoms with Crippen LogP contribution in [0.15, 0.2) is 85.1 Å². The maximum atomic E-state index is 14.7. The van der Waals surface area contributed by atoms with Gasteiger partial charge >= 0.3 is 11.9 Å². The number of para-hydroxylation sites is 1. The standard InChI is InChI=1S/C49H60N10O13S2/c50-17-7-6-12-32-42(65)53-34(19-27-13-15-29(60)16-14-27)44(67)58-39(25-74)49(72)57-36(21-40(61)62)46(69)56-37(22-41(63)64)47(70)59-38(24-73)48(71)54-33(18-26-8-2-1-3-9-26)43(66)55-35(45(68)52-32)20-28-23-51-31-11-5-4-10-30(28)31/h1-5,8-11,13-16,23,32-39,51,60,73-74H,6-7,12,17-22,24-25,50H2,(H,52,68)(H,53,65)(H,54,71)(H,55,66)(H,56,69)(H,57,72)(H,58,67)(H,59,70)(H,61,62)(H,63,64)/t32-,33-,34-,35-,36-,37-,38-,39-/m0/s1. The van der Waals surface area contributed by atoms with E-state index in [-0.39, 0.29) is 38.0 Å². The number of amides is 8. The number of fused-ring (bicyclic) bond motifs is 1. The number of phenols is 1. The zero-order chi connectivity index (χ0) is 53.9. The number of unbranched alkanes of at least 4 members (excludes halogenated alkanes) is 1. The van der Waals surface area contributed by atoms with Crippen LogP contribution in [0.1, 0.15) is 48.8 Å². The summed E-state index contributed by atoms with van der Waals surface area (Å²) < 4.78 is 0. The molecule has 8 amide bonds. The molecule has 0 spiro atoms. The lowest BCUT2D eigenvalue weighted by Gasteiger charge is -2.28. The van der Waals surface area contributed by atoms with Crippen molar-refractivity contribution in [1.29, 1.82) is 0 Å². The Morgan fingerprint density at radius 2 is 0.865 bits per heavy atom. The van der Waals surface area contributed by atoms with Gasteiger partial charge in [-0.05, 0) is 60.7 Å². The third-order valence-electron chi connectivity index (χ3n) is 11.9. The Balaban J connectivity index is 1.62. The molecule has 0 radical (unpaired) electrons. The van der Waals surface area contributed by atoms with Crippen molar-refractivity contribution in [1.82, 2.24) is 47.5 Å². The number of carboxylic acid groups (broad SMARTS) is 2. The van der Waals surface area contributed by atoms with Crippen LogP contribution in [0.2, 0.25) is 0 Å². The average Bonchev–Trinajstić information content (AvgIpc) is 3.78. The minimum absolute atomic E-state index is 0.0123. The van der Waals surface area contributed by atoms with Crippen LogP contribution in [0.4, 0.5) is 0 Å². The number of aromatic amines is 1. The molecule has 23 nitrogen and oxygen atoms in total. The van der Waals surface area contributed by atoms with E-state index < -0.39 is 132 Å². The Morgan fingerprint density at radius 3 is 1.35 bits per heavy atom. The van der Waals surface area contributed by atoms with Gasteiger partial charge in [0.2, 0.25) is 47.3 Å². The molecule has 0 aliphatic carbocycles. The van der Waals surface area contributed by atoms with Gasteiger partial charge in [0.15, 0.2) is 0 Å². The highest BCUT2D eigenvalue weighted by atomic mass is 32.1. The number of carbonyl (C=O) groups excluding carboxylic acids is 8. The molecule has 396 valence electrons. The summed E-state index contributed by atoms with van der Waals surface area (Å²) in [6.45, 7) is 0.227. The second-order valence-corrected chi connectivity index (χ2v) is 18.2. The average molecular weight is 1060 g/mol. The number of aromatic nitrogens is 1. The van der Waals surface area contributed by atoms with E-state index in [4.69, 9.17) is 5.73 Å². The molecular formula is C49H60N10O13S2. The number of nitrogens with two attached hydrogens (primary N) is 1. The Morgan fingerprint density at radius 1 is 0.473 bits per heavy atom. The molecule has 3 aromatic carbocycles. The van der Waals surface area contributed by atoms with Gasteiger partial charge in [0.1, 0.15) is 54.1 Å². The van der Waals surface area contributed by atoms with Crippen LogP contribution < -0.4 is 48.3 Å². The lowest BCUT2D eigenvalue weighted by atomic mass is 10.0. The highest BCUT2D eigenvalue weighted by Gasteiger charge is 2.37. The summed E-state index contributed by atoms with van der Waals surface area (Å²) in [4.78, 5) is 141. The largest absolute Gasteiger partial charge is 0.508 e. The lowest BCUT2D eigenvalue weighted by molar-refractivity contribution is -0.143. The molecule has 1 aliphatic rings. The number of H-pyrrole nitrogens is 1. The summed E-state index contributed by atoms with van der Waals surface area (Å²) in [6, 6.07) is 8.29. The number of phenolic OH excluding ortho intramolecular Hbond substituents is 1. The third kappa shape index (κ3) is 17.0. The van der Waals surface area contributed by atoms with Crippen LogP contribution in [0.3, 0.4) is 0 Å². The number of benzene rings is 3. The van der Waals surface area contributed by atoms with Crippen LogP contribution in [0, 0.1) is 0 Å². The maximum Gasteiger partial charge on any atom is 0.305 e. The van der Waals surface area contributed by atoms with Crippen LogP contribution in [0.25, 0.3) is 10.9 Å². The number of hydrogen-bond acceptors (Lipinski definition) is 14. The van der Waals surface area contributed by atoms with Gasteiger partial charge in [-0.1, -0.05) is 60.7 Å². The molecule has 1 aromatic heterocycles. The Labute approximate surface area is 435 Å². The molecule has 0 bridgehead atoms. The summed E-state index contributed by atoms with van der Waals surface area (Å²) in [6.07, 6.45) is -0.388. The van der Waals surface area contributed by atoms with Crippen molar-refractivity contribution in [2.75, 3.05) is 18.1 Å². The van der Waals surface area contributed by atoms with Gasteiger partial charge < -0.3 is 68.6 Å². The Kier molecular flexibility index (Phi) is 21.7. The monoisotopic (exact) mass is 1060 g/mol. The molecule has 1 aliphatic heterocycles. The third-order valence-corrected chi connectivity index (χ3v) is 12.6. The smallest absolute Gasteiger partial charge is 0.305 e. The molecule has 2 heterocycles. The second kappa shape index (κ2) is 28.0. The van der Waals surface area contributed by atoms with Gasteiger partial charge in [-0.2, -0.15) is 25.3 Å². The van der Waals surface area contributed by atoms with Gasteiger partial charge in [0.25, 0.3) is 0 Å². The zero-order valence-electron chi connectivity index (χ0n) is 39.9. The Bertz CT molecular complexity index is 2660. The van der Waals surface area contributed by atoms with Crippen molar-refractivity contribution in [2.45, 2.75) is 99.7 Å². The van der Waals surface area contributed by atoms with E-state index in [2.05, 4.69) is 72.8 Å². The highest BCUT2D eigenvalue weighted by Crippen LogP contribution is 2.20. The van der Waals surface area contributed by atoms with Crippen molar-refractivity contribution in [3.8, 4) is 5.75 Å². The topological polar surface area (TPSA) is 369 Å². The van der Waals surface area contributed by atoms with E-state index in [1.165, 1.54) is 24.3 Å². The number of nitrogens with one attached hydrogen (secondary N) is 9. The van der Waals surface area contributed by atoms with Gasteiger partial charge in [-0.3, -0.25) is 47.9 Å². The number of aromatic hydroxyl groups is 1. The normalized spacial score (nSPS) is 23.1. The number of thiol groups is 2. The van der Waals surface area contributed by atoms with Crippen molar-refractivity contribution < 1.29 is 63.3 Å². The van der Waals surface area contributed by atoms with Gasteiger partial charge in [-0.15, -0.1) is 0 Å². The van der Waals surface area contributed by atoms with Crippen LogP contribution in [-0.2, 0) is 67.2 Å². The van der Waals surface area contributed by atoms with Crippen LogP contribution in [0.5, 0.6) is 5.75 Å². The lowest BCUT2D eigenvalue weighted by Crippen LogP contribution is -2.62. The van der Waals surface area contributed by atoms with E-state index in [1.54, 1.807) is 54.7 Å². The van der Waals surface area contributed by atoms with Crippen molar-refractivity contribution in [3.05, 3.63) is 102 Å². The first-order chi connectivity index (χ1) is 35.4. The SMILES string of the molecule is NCCCC[C@@H]1NC(=O)[C@H](Cc2c[nH]c3ccccc23)NC(=O)[C@H](Cc2ccccc2)NC(=O)[C@H](CS)NC(=O)[C@H](CC(=O)O)NC(=O)[C@H](CC(=O)O)NC(=O)[C@H](CS)NC(=O)[C@H](Cc2ccc(O)cc2)NC1=O. The summed E-state index contributed by atoms with van der Waals surface area (Å²) in [5.41, 5.74) is 8.09. The number of carbonyl (C=O) groups is 10. The molecule has 4 aromatic rings. The molecule has 25 heteroatoms. The van der Waals surface area contributed by atoms with E-state index >= 15 is 0 Å². The summed E-state index contributed by atoms with van der Waals surface area (Å²) in [5.74, 6) is -12.5. The van der Waals surface area contributed by atoms with Crippen LogP contribution >= 0.6 is 25.3 Å². The summed E-state index contributed by atoms with van der Waals surface area (Å²) in [5, 5.41) is 50.0. The first kappa shape index (κ1) is 57.3. The number of rotatable bonds is 16. The molecule has 0 unspecified atom stereocenters. The molecule has 14 N–H and O–H groups in total. The highest BCUT2D eigenvalue weighted by molar-refractivity contribution is 7.80. The number of carboxylic acids is 2. The van der Waals surface area contributed by atoms with E-state index in [0.29, 0.717) is 40.4 Å². The molecule has 5 rings (SSSR count). The molecule has 1 saturated heterocycles. The van der Waals surface area contributed by atoms with Crippen molar-refractivity contribution in [3.63, 3.8) is 0 Å². The fourth-order valence-corrected chi connectivity index (χ4v) is 8.48. The van der Waals surface area contributed by atoms with E-state index in [1.807, 2.05) is 6.07 Å². The zero-order valence-corrected chi connectivity index (χ0v) is 41.7. The minimum Gasteiger partial charge on any atom is -0.508 e. The van der Waals surface area contributed by atoms with Gasteiger partial charge in [-0.25, -0.2) is 0 Å². The quantitative estimate of drug-likeness (QED) is 0.0460. The van der Waals surface area contributed by atoms with Crippen LogP contribution in [-0.4, -0.2) is 146 Å². The van der Waals surface area contributed by atoms with Crippen molar-refractivity contribution in [2.24, 2.45) is 5.73 Å². The second-order valence-electron chi connectivity index (χ2n) is 17.5. The molecule has 8 atom stereocenters. The van der Waals surface area contributed by atoms with E-state index in [0.717, 1.165) is 0 Å². The minimum atomic E-state index is -1.99. The predicted molar refractivity (Wildman–Crippen MR) is 275 cm³/mol. The summed E-state index contributed by atoms with van der Waals surface area (Å²) in [7, 11) is 0. The molecule has 0 saturated carbocycles. The predicted octanol–water partition coefficient (Wildman–Crippen LogP) is -1.27. The number of aliphatic carboxylic acids is 2. The first-order valence-corrected chi connectivity index (χ1v) is 24.8. The fourth-order valence-electron chi connectivity index (χ4n) is 7.96. The van der Waals surface area contributed by atoms with Crippen molar-refractivity contribution >= 4 is 95.4 Å².